The minimum Gasteiger partial charge on any atom is -0.398 e. The fraction of sp³-hybridized carbons (Fsp3) is 0.167. The molecule has 0 spiro atoms. The molecule has 14 heavy (non-hydrogen) atoms. The van der Waals surface area contributed by atoms with E-state index in [9.17, 15) is 13.2 Å². The fourth-order valence-corrected chi connectivity index (χ4v) is 0.918. The Kier molecular flexibility index (Phi) is 2.74. The van der Waals surface area contributed by atoms with Crippen LogP contribution < -0.4 is 16.2 Å². The molecule has 0 aliphatic heterocycles. The summed E-state index contributed by atoms with van der Waals surface area (Å²) < 4.78 is 39.0. The summed E-state index contributed by atoms with van der Waals surface area (Å²) >= 11 is 2.94. The third-order valence-corrected chi connectivity index (χ3v) is 2.07. The van der Waals surface area contributed by atoms with Crippen LogP contribution in [-0.2, 0) is 0 Å². The summed E-state index contributed by atoms with van der Waals surface area (Å²) in [6.07, 6.45) is -4.81. The van der Waals surface area contributed by atoms with Gasteiger partial charge in [0.1, 0.15) is 5.82 Å². The van der Waals surface area contributed by atoms with Crippen molar-refractivity contribution in [3.05, 3.63) is 10.5 Å². The quantitative estimate of drug-likeness (QED) is 0.818. The third-order valence-electron chi connectivity index (χ3n) is 1.21. The number of rotatable bonds is 1. The summed E-state index contributed by atoms with van der Waals surface area (Å²) in [5.74, 6) is -0.847. The standard InChI is InChI=1S/C6H5BrF3N3O/c7-4-2(11)1-3(13-5(4)12)14-6(8,9)10/h1H,(H4,11,12,13). The van der Waals surface area contributed by atoms with Crippen molar-refractivity contribution in [2.75, 3.05) is 11.5 Å². The third kappa shape index (κ3) is 2.66. The molecular weight excluding hydrogens is 267 g/mol. The lowest BCUT2D eigenvalue weighted by Gasteiger charge is -2.09. The van der Waals surface area contributed by atoms with Crippen LogP contribution >= 0.6 is 15.9 Å². The van der Waals surface area contributed by atoms with Gasteiger partial charge in [0.15, 0.2) is 0 Å². The molecule has 1 aromatic rings. The molecule has 78 valence electrons. The summed E-state index contributed by atoms with van der Waals surface area (Å²) in [5.41, 5.74) is 10.6. The number of hydrogen-bond donors (Lipinski definition) is 2. The van der Waals surface area contributed by atoms with Gasteiger partial charge in [-0.1, -0.05) is 0 Å². The fourth-order valence-electron chi connectivity index (χ4n) is 0.715. The zero-order chi connectivity index (χ0) is 10.9. The molecule has 0 aliphatic rings. The Morgan fingerprint density at radius 1 is 1.36 bits per heavy atom. The van der Waals surface area contributed by atoms with Crippen LogP contribution in [0.5, 0.6) is 5.88 Å². The molecule has 0 saturated heterocycles. The van der Waals surface area contributed by atoms with Crippen LogP contribution in [0.3, 0.4) is 0 Å². The number of ether oxygens (including phenoxy) is 1. The summed E-state index contributed by atoms with van der Waals surface area (Å²) in [4.78, 5) is 3.33. The second-order valence-electron chi connectivity index (χ2n) is 2.30. The zero-order valence-corrected chi connectivity index (χ0v) is 8.19. The molecule has 1 aromatic heterocycles. The number of nitrogens with two attached hydrogens (primary N) is 2. The predicted octanol–water partition coefficient (Wildman–Crippen LogP) is 1.91. The Labute approximate surface area is 85.2 Å². The summed E-state index contributed by atoms with van der Waals surface area (Å²) in [6, 6.07) is 0.925. The first-order valence-electron chi connectivity index (χ1n) is 3.27. The van der Waals surface area contributed by atoms with Crippen LogP contribution in [0.2, 0.25) is 0 Å². The lowest BCUT2D eigenvalue weighted by molar-refractivity contribution is -0.276. The minimum atomic E-state index is -4.81. The Bertz CT molecular complexity index is 332. The van der Waals surface area contributed by atoms with E-state index < -0.39 is 12.2 Å². The van der Waals surface area contributed by atoms with Gasteiger partial charge in [-0.05, 0) is 15.9 Å². The lowest BCUT2D eigenvalue weighted by atomic mass is 10.4. The molecule has 0 fully saturated rings. The number of hydrogen-bond acceptors (Lipinski definition) is 4. The van der Waals surface area contributed by atoms with Gasteiger partial charge in [0.05, 0.1) is 10.2 Å². The molecule has 0 atom stereocenters. The van der Waals surface area contributed by atoms with Gasteiger partial charge >= 0.3 is 6.36 Å². The molecule has 0 amide bonds. The van der Waals surface area contributed by atoms with Crippen molar-refractivity contribution in [2.24, 2.45) is 0 Å². The van der Waals surface area contributed by atoms with Crippen molar-refractivity contribution in [3.8, 4) is 5.88 Å². The molecule has 0 radical (unpaired) electrons. The van der Waals surface area contributed by atoms with Gasteiger partial charge in [0.25, 0.3) is 0 Å². The first kappa shape index (κ1) is 10.9. The van der Waals surface area contributed by atoms with E-state index in [-0.39, 0.29) is 16.0 Å². The number of nitrogens with zero attached hydrogens (tertiary/aromatic N) is 1. The van der Waals surface area contributed by atoms with Crippen LogP contribution in [0.15, 0.2) is 10.5 Å². The minimum absolute atomic E-state index is 0.0248. The Morgan fingerprint density at radius 3 is 2.36 bits per heavy atom. The Hall–Kier alpha value is -1.18. The number of anilines is 2. The molecule has 0 unspecified atom stereocenters. The van der Waals surface area contributed by atoms with E-state index in [1.54, 1.807) is 0 Å². The Morgan fingerprint density at radius 2 is 1.93 bits per heavy atom. The summed E-state index contributed by atoms with van der Waals surface area (Å²) in [6.45, 7) is 0. The number of nitrogen functional groups attached to an aromatic ring is 2. The van der Waals surface area contributed by atoms with Gasteiger partial charge in [0, 0.05) is 6.07 Å². The van der Waals surface area contributed by atoms with E-state index in [1.807, 2.05) is 0 Å². The smallest absolute Gasteiger partial charge is 0.398 e. The monoisotopic (exact) mass is 271 g/mol. The van der Waals surface area contributed by atoms with Gasteiger partial charge in [-0.25, -0.2) is 0 Å². The maximum absolute atomic E-state index is 11.7. The molecule has 0 bridgehead atoms. The average Bonchev–Trinajstić information content (AvgIpc) is 1.96. The van der Waals surface area contributed by atoms with Gasteiger partial charge in [-0.2, -0.15) is 4.98 Å². The highest BCUT2D eigenvalue weighted by Crippen LogP contribution is 2.30. The largest absolute Gasteiger partial charge is 0.574 e. The summed E-state index contributed by atoms with van der Waals surface area (Å²) in [7, 11) is 0. The van der Waals surface area contributed by atoms with E-state index in [1.165, 1.54) is 0 Å². The molecule has 1 rings (SSSR count). The van der Waals surface area contributed by atoms with E-state index in [0.29, 0.717) is 0 Å². The molecule has 0 aromatic carbocycles. The maximum Gasteiger partial charge on any atom is 0.574 e. The first-order chi connectivity index (χ1) is 6.29. The van der Waals surface area contributed by atoms with Crippen molar-refractivity contribution >= 4 is 27.4 Å². The van der Waals surface area contributed by atoms with E-state index in [4.69, 9.17) is 11.5 Å². The van der Waals surface area contributed by atoms with Crippen LogP contribution in [0.25, 0.3) is 0 Å². The number of halogens is 4. The van der Waals surface area contributed by atoms with Gasteiger partial charge in [0.2, 0.25) is 5.88 Å². The highest BCUT2D eigenvalue weighted by molar-refractivity contribution is 9.10. The lowest BCUT2D eigenvalue weighted by Crippen LogP contribution is -2.18. The van der Waals surface area contributed by atoms with Crippen LogP contribution in [-0.4, -0.2) is 11.3 Å². The molecule has 0 aliphatic carbocycles. The summed E-state index contributed by atoms with van der Waals surface area (Å²) in [5, 5.41) is 0. The van der Waals surface area contributed by atoms with Crippen LogP contribution in [0.1, 0.15) is 0 Å². The predicted molar refractivity (Wildman–Crippen MR) is 47.4 cm³/mol. The molecular formula is C6H5BrF3N3O. The van der Waals surface area contributed by atoms with Crippen LogP contribution in [0.4, 0.5) is 24.7 Å². The molecule has 4 N–H and O–H groups in total. The maximum atomic E-state index is 11.7. The molecule has 8 heteroatoms. The van der Waals surface area contributed by atoms with E-state index in [2.05, 4.69) is 25.7 Å². The van der Waals surface area contributed by atoms with Gasteiger partial charge in [-0.15, -0.1) is 13.2 Å². The average molecular weight is 272 g/mol. The van der Waals surface area contributed by atoms with Gasteiger partial charge in [-0.3, -0.25) is 0 Å². The molecule has 0 saturated carbocycles. The first-order valence-corrected chi connectivity index (χ1v) is 4.06. The van der Waals surface area contributed by atoms with Crippen molar-refractivity contribution < 1.29 is 17.9 Å². The van der Waals surface area contributed by atoms with E-state index >= 15 is 0 Å². The number of alkyl halides is 3. The number of pyridine rings is 1. The van der Waals surface area contributed by atoms with Gasteiger partial charge < -0.3 is 16.2 Å². The number of aromatic nitrogens is 1. The van der Waals surface area contributed by atoms with Crippen molar-refractivity contribution in [3.63, 3.8) is 0 Å². The second kappa shape index (κ2) is 3.52. The second-order valence-corrected chi connectivity index (χ2v) is 3.09. The topological polar surface area (TPSA) is 74.2 Å². The normalized spacial score (nSPS) is 11.4. The zero-order valence-electron chi connectivity index (χ0n) is 6.60. The SMILES string of the molecule is Nc1cc(OC(F)(F)F)nc(N)c1Br. The molecule has 4 nitrogen and oxygen atoms in total. The van der Waals surface area contributed by atoms with Crippen molar-refractivity contribution in [1.29, 1.82) is 0 Å². The van der Waals surface area contributed by atoms with Crippen LogP contribution in [0, 0.1) is 0 Å². The van der Waals surface area contributed by atoms with E-state index in [0.717, 1.165) is 6.07 Å². The highest BCUT2D eigenvalue weighted by atomic mass is 79.9. The molecule has 1 heterocycles. The highest BCUT2D eigenvalue weighted by Gasteiger charge is 2.32. The van der Waals surface area contributed by atoms with Crippen molar-refractivity contribution in [1.82, 2.24) is 4.98 Å². The van der Waals surface area contributed by atoms with Crippen molar-refractivity contribution in [2.45, 2.75) is 6.36 Å². The Balaban J connectivity index is 3.02.